The third-order valence-electron chi connectivity index (χ3n) is 2.60. The van der Waals surface area contributed by atoms with Crippen molar-refractivity contribution in [3.05, 3.63) is 30.1 Å². The Morgan fingerprint density at radius 3 is 3.07 bits per heavy atom. The maximum absolute atomic E-state index is 6.03. The predicted molar refractivity (Wildman–Crippen MR) is 57.9 cm³/mol. The maximum Gasteiger partial charge on any atom is 0.139 e. The lowest BCUT2D eigenvalue weighted by Crippen LogP contribution is -2.07. The zero-order chi connectivity index (χ0) is 10.1. The van der Waals surface area contributed by atoms with Crippen LogP contribution in [0.2, 0.25) is 0 Å². The highest BCUT2D eigenvalue weighted by atomic mass is 15.0. The van der Waals surface area contributed by atoms with Crippen molar-refractivity contribution in [3.63, 3.8) is 0 Å². The summed E-state index contributed by atoms with van der Waals surface area (Å²) < 4.78 is 2.03. The van der Waals surface area contributed by atoms with Gasteiger partial charge in [0.15, 0.2) is 0 Å². The summed E-state index contributed by atoms with van der Waals surface area (Å²) in [4.78, 5) is 4.33. The van der Waals surface area contributed by atoms with Crippen LogP contribution in [0.4, 0.5) is 0 Å². The molecule has 0 amide bonds. The normalized spacial score (nSPS) is 13.4. The third kappa shape index (κ3) is 1.30. The molecule has 3 heteroatoms. The molecule has 2 aromatic heterocycles. The standard InChI is InChI=1S/C11H15N3/c1-3-10(12)9-7-14(2)11-8(9)5-4-6-13-11/h4-7,10H,3,12H2,1-2H3. The quantitative estimate of drug-likeness (QED) is 0.785. The van der Waals surface area contributed by atoms with Crippen molar-refractivity contribution in [2.45, 2.75) is 19.4 Å². The second kappa shape index (κ2) is 3.42. The molecule has 0 fully saturated rings. The van der Waals surface area contributed by atoms with Gasteiger partial charge in [0.2, 0.25) is 0 Å². The Morgan fingerprint density at radius 1 is 1.57 bits per heavy atom. The van der Waals surface area contributed by atoms with Crippen LogP contribution in [0.3, 0.4) is 0 Å². The van der Waals surface area contributed by atoms with Crippen molar-refractivity contribution in [2.24, 2.45) is 12.8 Å². The van der Waals surface area contributed by atoms with Gasteiger partial charge in [-0.2, -0.15) is 0 Å². The van der Waals surface area contributed by atoms with Crippen LogP contribution in [0.15, 0.2) is 24.5 Å². The van der Waals surface area contributed by atoms with E-state index < -0.39 is 0 Å². The van der Waals surface area contributed by atoms with Crippen LogP contribution < -0.4 is 5.73 Å². The first-order chi connectivity index (χ1) is 6.74. The number of aromatic nitrogens is 2. The van der Waals surface area contributed by atoms with E-state index in [4.69, 9.17) is 5.73 Å². The van der Waals surface area contributed by atoms with E-state index >= 15 is 0 Å². The van der Waals surface area contributed by atoms with E-state index in [9.17, 15) is 0 Å². The Hall–Kier alpha value is -1.35. The van der Waals surface area contributed by atoms with Gasteiger partial charge in [-0.1, -0.05) is 6.92 Å². The monoisotopic (exact) mass is 189 g/mol. The SMILES string of the molecule is CCC(N)c1cn(C)c2ncccc12. The lowest BCUT2D eigenvalue weighted by Gasteiger charge is -2.05. The number of rotatable bonds is 2. The molecule has 2 rings (SSSR count). The van der Waals surface area contributed by atoms with Crippen LogP contribution in [-0.2, 0) is 7.05 Å². The van der Waals surface area contributed by atoms with E-state index in [1.54, 1.807) is 0 Å². The molecule has 1 atom stereocenters. The minimum absolute atomic E-state index is 0.114. The van der Waals surface area contributed by atoms with Gasteiger partial charge in [0.25, 0.3) is 0 Å². The van der Waals surface area contributed by atoms with Gasteiger partial charge in [0.05, 0.1) is 0 Å². The summed E-state index contributed by atoms with van der Waals surface area (Å²) in [5, 5.41) is 1.17. The molecule has 0 spiro atoms. The maximum atomic E-state index is 6.03. The molecule has 3 nitrogen and oxygen atoms in total. The molecule has 0 bridgehead atoms. The highest BCUT2D eigenvalue weighted by molar-refractivity contribution is 5.80. The summed E-state index contributed by atoms with van der Waals surface area (Å²) in [5.74, 6) is 0. The lowest BCUT2D eigenvalue weighted by atomic mass is 10.1. The molecule has 1 unspecified atom stereocenters. The van der Waals surface area contributed by atoms with Crippen molar-refractivity contribution in [3.8, 4) is 0 Å². The number of hydrogen-bond donors (Lipinski definition) is 1. The van der Waals surface area contributed by atoms with Crippen LogP contribution in [0.25, 0.3) is 11.0 Å². The number of fused-ring (bicyclic) bond motifs is 1. The molecule has 0 aliphatic rings. The van der Waals surface area contributed by atoms with Crippen molar-refractivity contribution in [1.29, 1.82) is 0 Å². The topological polar surface area (TPSA) is 43.8 Å². The van der Waals surface area contributed by atoms with Gasteiger partial charge in [-0.3, -0.25) is 0 Å². The fraction of sp³-hybridized carbons (Fsp3) is 0.364. The van der Waals surface area contributed by atoms with Crippen molar-refractivity contribution >= 4 is 11.0 Å². The van der Waals surface area contributed by atoms with E-state index in [1.165, 1.54) is 10.9 Å². The molecule has 0 aliphatic carbocycles. The van der Waals surface area contributed by atoms with Gasteiger partial charge in [0.1, 0.15) is 5.65 Å². The molecule has 0 saturated carbocycles. The molecular weight excluding hydrogens is 174 g/mol. The van der Waals surface area contributed by atoms with Crippen LogP contribution >= 0.6 is 0 Å². The van der Waals surface area contributed by atoms with Crippen LogP contribution in [-0.4, -0.2) is 9.55 Å². The molecule has 14 heavy (non-hydrogen) atoms. The first-order valence-corrected chi connectivity index (χ1v) is 4.89. The Labute approximate surface area is 83.6 Å². The number of nitrogens with zero attached hydrogens (tertiary/aromatic N) is 2. The van der Waals surface area contributed by atoms with Crippen molar-refractivity contribution < 1.29 is 0 Å². The second-order valence-electron chi connectivity index (χ2n) is 3.58. The first kappa shape index (κ1) is 9.21. The smallest absolute Gasteiger partial charge is 0.139 e. The Kier molecular flexibility index (Phi) is 2.25. The molecule has 74 valence electrons. The molecule has 0 radical (unpaired) electrons. The van der Waals surface area contributed by atoms with Crippen molar-refractivity contribution in [1.82, 2.24) is 9.55 Å². The number of pyridine rings is 1. The van der Waals surface area contributed by atoms with E-state index in [0.29, 0.717) is 0 Å². The molecule has 0 aliphatic heterocycles. The Bertz CT molecular complexity index is 445. The summed E-state index contributed by atoms with van der Waals surface area (Å²) in [5.41, 5.74) is 8.23. The summed E-state index contributed by atoms with van der Waals surface area (Å²) in [7, 11) is 2.00. The number of aryl methyl sites for hydroxylation is 1. The number of hydrogen-bond acceptors (Lipinski definition) is 2. The highest BCUT2D eigenvalue weighted by Gasteiger charge is 2.11. The summed E-state index contributed by atoms with van der Waals surface area (Å²) in [6, 6.07) is 4.14. The summed E-state index contributed by atoms with van der Waals surface area (Å²) in [6.07, 6.45) is 4.84. The summed E-state index contributed by atoms with van der Waals surface area (Å²) in [6.45, 7) is 2.10. The zero-order valence-corrected chi connectivity index (χ0v) is 8.57. The van der Waals surface area contributed by atoms with Gasteiger partial charge in [-0.05, 0) is 24.1 Å². The van der Waals surface area contributed by atoms with E-state index in [-0.39, 0.29) is 6.04 Å². The molecule has 2 aromatic rings. The summed E-state index contributed by atoms with van der Waals surface area (Å²) >= 11 is 0. The molecule has 0 saturated heterocycles. The highest BCUT2D eigenvalue weighted by Crippen LogP contribution is 2.24. The van der Waals surface area contributed by atoms with Crippen LogP contribution in [0.5, 0.6) is 0 Å². The molecule has 2 heterocycles. The van der Waals surface area contributed by atoms with E-state index in [2.05, 4.69) is 24.2 Å². The van der Waals surface area contributed by atoms with Gasteiger partial charge >= 0.3 is 0 Å². The van der Waals surface area contributed by atoms with Gasteiger partial charge in [-0.15, -0.1) is 0 Å². The lowest BCUT2D eigenvalue weighted by molar-refractivity contribution is 0.700. The fourth-order valence-corrected chi connectivity index (χ4v) is 1.76. The van der Waals surface area contributed by atoms with Crippen LogP contribution in [0, 0.1) is 0 Å². The minimum Gasteiger partial charge on any atom is -0.335 e. The van der Waals surface area contributed by atoms with Gasteiger partial charge in [0, 0.05) is 30.9 Å². The fourth-order valence-electron chi connectivity index (χ4n) is 1.76. The Morgan fingerprint density at radius 2 is 2.36 bits per heavy atom. The molecule has 2 N–H and O–H groups in total. The first-order valence-electron chi connectivity index (χ1n) is 4.89. The largest absolute Gasteiger partial charge is 0.335 e. The average Bonchev–Trinajstić information content (AvgIpc) is 2.56. The minimum atomic E-state index is 0.114. The van der Waals surface area contributed by atoms with E-state index in [0.717, 1.165) is 12.1 Å². The predicted octanol–water partition coefficient (Wildman–Crippen LogP) is 1.98. The van der Waals surface area contributed by atoms with Crippen molar-refractivity contribution in [2.75, 3.05) is 0 Å². The van der Waals surface area contributed by atoms with Crippen LogP contribution in [0.1, 0.15) is 24.9 Å². The van der Waals surface area contributed by atoms with Gasteiger partial charge in [-0.25, -0.2) is 4.98 Å². The van der Waals surface area contributed by atoms with E-state index in [1.807, 2.05) is 23.9 Å². The Balaban J connectivity index is 2.66. The van der Waals surface area contributed by atoms with Gasteiger partial charge < -0.3 is 10.3 Å². The third-order valence-corrected chi connectivity index (χ3v) is 2.60. The second-order valence-corrected chi connectivity index (χ2v) is 3.58. The molecular formula is C11H15N3. The molecule has 0 aromatic carbocycles. The number of nitrogens with two attached hydrogens (primary N) is 1. The zero-order valence-electron chi connectivity index (χ0n) is 8.57. The average molecular weight is 189 g/mol.